The second-order valence-corrected chi connectivity index (χ2v) is 5.49. The zero-order valence-corrected chi connectivity index (χ0v) is 12.4. The summed E-state index contributed by atoms with van der Waals surface area (Å²) in [6.45, 7) is 1.94. The van der Waals surface area contributed by atoms with E-state index in [9.17, 15) is 9.59 Å². The predicted octanol–water partition coefficient (Wildman–Crippen LogP) is 3.93. The van der Waals surface area contributed by atoms with Crippen molar-refractivity contribution < 1.29 is 9.59 Å². The second kappa shape index (κ2) is 7.50. The van der Waals surface area contributed by atoms with Gasteiger partial charge >= 0.3 is 6.03 Å². The highest BCUT2D eigenvalue weighted by molar-refractivity contribution is 7.99. The molecule has 0 bridgehead atoms. The molecule has 21 heavy (non-hydrogen) atoms. The number of aryl methyl sites for hydroxylation is 1. The smallest absolute Gasteiger partial charge is 0.308 e. The van der Waals surface area contributed by atoms with E-state index in [-0.39, 0.29) is 6.03 Å². The summed E-state index contributed by atoms with van der Waals surface area (Å²) in [5.74, 6) is 0.431. The number of benzene rings is 2. The van der Waals surface area contributed by atoms with Crippen LogP contribution in [0, 0.1) is 6.92 Å². The van der Waals surface area contributed by atoms with Crippen molar-refractivity contribution in [2.75, 3.05) is 16.4 Å². The summed E-state index contributed by atoms with van der Waals surface area (Å²) in [6.07, 6.45) is 0.868. The van der Waals surface area contributed by atoms with E-state index >= 15 is 0 Å². The number of anilines is 2. The van der Waals surface area contributed by atoms with E-state index in [1.165, 1.54) is 11.8 Å². The Balaban J connectivity index is 1.93. The molecule has 108 valence electrons. The van der Waals surface area contributed by atoms with E-state index in [2.05, 4.69) is 10.6 Å². The largest absolute Gasteiger partial charge is 0.323 e. The minimum atomic E-state index is -0.280. The van der Waals surface area contributed by atoms with Crippen LogP contribution >= 0.6 is 11.8 Å². The van der Waals surface area contributed by atoms with Gasteiger partial charge < -0.3 is 15.4 Å². The van der Waals surface area contributed by atoms with Crippen LogP contribution in [0.3, 0.4) is 0 Å². The Labute approximate surface area is 127 Å². The Morgan fingerprint density at radius 2 is 1.81 bits per heavy atom. The van der Waals surface area contributed by atoms with E-state index < -0.39 is 0 Å². The third kappa shape index (κ3) is 4.65. The number of para-hydroxylation sites is 1. The molecular formula is C16H16N2O2S. The molecule has 2 aromatic carbocycles. The van der Waals surface area contributed by atoms with Gasteiger partial charge in [-0.3, -0.25) is 0 Å². The predicted molar refractivity (Wildman–Crippen MR) is 87.1 cm³/mol. The molecule has 0 atom stereocenters. The summed E-state index contributed by atoms with van der Waals surface area (Å²) in [5.41, 5.74) is 2.50. The molecular weight excluding hydrogens is 284 g/mol. The number of thioether (sulfide) groups is 1. The number of urea groups is 1. The SMILES string of the molecule is Cc1ccccc1NC(=O)Nc1ccc(SCC=O)cc1. The lowest BCUT2D eigenvalue weighted by atomic mass is 10.2. The van der Waals surface area contributed by atoms with Crippen LogP contribution in [-0.4, -0.2) is 18.1 Å². The van der Waals surface area contributed by atoms with Gasteiger partial charge in [-0.2, -0.15) is 0 Å². The van der Waals surface area contributed by atoms with Crippen molar-refractivity contribution in [2.24, 2.45) is 0 Å². The highest BCUT2D eigenvalue weighted by atomic mass is 32.2. The fraction of sp³-hybridized carbons (Fsp3) is 0.125. The number of nitrogens with one attached hydrogen (secondary N) is 2. The minimum absolute atomic E-state index is 0.280. The van der Waals surface area contributed by atoms with Crippen LogP contribution in [0.5, 0.6) is 0 Å². The average molecular weight is 300 g/mol. The Morgan fingerprint density at radius 3 is 2.48 bits per heavy atom. The van der Waals surface area contributed by atoms with Crippen molar-refractivity contribution in [1.29, 1.82) is 0 Å². The van der Waals surface area contributed by atoms with Gasteiger partial charge in [-0.25, -0.2) is 4.79 Å². The summed E-state index contributed by atoms with van der Waals surface area (Å²) < 4.78 is 0. The van der Waals surface area contributed by atoms with Crippen LogP contribution < -0.4 is 10.6 Å². The van der Waals surface area contributed by atoms with Crippen molar-refractivity contribution in [2.45, 2.75) is 11.8 Å². The number of carbonyl (C=O) groups excluding carboxylic acids is 2. The second-order valence-electron chi connectivity index (χ2n) is 4.40. The first kappa shape index (κ1) is 15.1. The van der Waals surface area contributed by atoms with E-state index in [4.69, 9.17) is 0 Å². The van der Waals surface area contributed by atoms with E-state index in [0.29, 0.717) is 11.4 Å². The number of amides is 2. The topological polar surface area (TPSA) is 58.2 Å². The maximum absolute atomic E-state index is 11.9. The monoisotopic (exact) mass is 300 g/mol. The average Bonchev–Trinajstić information content (AvgIpc) is 2.49. The minimum Gasteiger partial charge on any atom is -0.308 e. The zero-order chi connectivity index (χ0) is 15.1. The van der Waals surface area contributed by atoms with Crippen molar-refractivity contribution in [3.63, 3.8) is 0 Å². The van der Waals surface area contributed by atoms with E-state index in [0.717, 1.165) is 22.4 Å². The fourth-order valence-corrected chi connectivity index (χ4v) is 2.35. The molecule has 0 spiro atoms. The Hall–Kier alpha value is -2.27. The normalized spacial score (nSPS) is 9.95. The van der Waals surface area contributed by atoms with Crippen LogP contribution in [-0.2, 0) is 4.79 Å². The quantitative estimate of drug-likeness (QED) is 0.649. The third-order valence-corrected chi connectivity index (χ3v) is 3.73. The van der Waals surface area contributed by atoms with Gasteiger partial charge in [-0.05, 0) is 42.8 Å². The lowest BCUT2D eigenvalue weighted by Crippen LogP contribution is -2.19. The molecule has 0 saturated carbocycles. The maximum Gasteiger partial charge on any atom is 0.323 e. The summed E-state index contributed by atoms with van der Waals surface area (Å²) in [7, 11) is 0. The first-order valence-electron chi connectivity index (χ1n) is 6.49. The van der Waals surface area contributed by atoms with Crippen molar-refractivity contribution in [3.05, 3.63) is 54.1 Å². The highest BCUT2D eigenvalue weighted by Gasteiger charge is 2.04. The molecule has 2 N–H and O–H groups in total. The molecule has 0 aliphatic carbocycles. The first-order chi connectivity index (χ1) is 10.2. The number of rotatable bonds is 5. The number of hydrogen-bond donors (Lipinski definition) is 2. The van der Waals surface area contributed by atoms with Gasteiger partial charge in [0.15, 0.2) is 0 Å². The van der Waals surface area contributed by atoms with Gasteiger partial charge in [0.1, 0.15) is 6.29 Å². The Morgan fingerprint density at radius 1 is 1.10 bits per heavy atom. The molecule has 0 radical (unpaired) electrons. The van der Waals surface area contributed by atoms with Crippen LogP contribution in [0.4, 0.5) is 16.2 Å². The molecule has 2 rings (SSSR count). The number of carbonyl (C=O) groups is 2. The molecule has 0 fully saturated rings. The molecule has 5 heteroatoms. The van der Waals surface area contributed by atoms with Gasteiger partial charge in [-0.1, -0.05) is 18.2 Å². The summed E-state index contributed by atoms with van der Waals surface area (Å²) >= 11 is 1.46. The van der Waals surface area contributed by atoms with Crippen LogP contribution in [0.25, 0.3) is 0 Å². The number of aldehydes is 1. The summed E-state index contributed by atoms with van der Waals surface area (Å²) in [6, 6.07) is 14.7. The molecule has 0 aliphatic rings. The molecule has 0 saturated heterocycles. The van der Waals surface area contributed by atoms with Crippen molar-refractivity contribution >= 4 is 35.5 Å². The van der Waals surface area contributed by atoms with Gasteiger partial charge in [-0.15, -0.1) is 11.8 Å². The van der Waals surface area contributed by atoms with E-state index in [1.807, 2.05) is 55.5 Å². The van der Waals surface area contributed by atoms with Crippen LogP contribution in [0.2, 0.25) is 0 Å². The first-order valence-corrected chi connectivity index (χ1v) is 7.48. The number of hydrogen-bond acceptors (Lipinski definition) is 3. The Bertz CT molecular complexity index is 626. The van der Waals surface area contributed by atoms with Gasteiger partial charge in [0.25, 0.3) is 0 Å². The molecule has 4 nitrogen and oxygen atoms in total. The van der Waals surface area contributed by atoms with Crippen molar-refractivity contribution in [1.82, 2.24) is 0 Å². The lowest BCUT2D eigenvalue weighted by Gasteiger charge is -2.10. The van der Waals surface area contributed by atoms with E-state index in [1.54, 1.807) is 0 Å². The Kier molecular flexibility index (Phi) is 5.40. The molecule has 2 aromatic rings. The summed E-state index contributed by atoms with van der Waals surface area (Å²) in [4.78, 5) is 23.2. The van der Waals surface area contributed by atoms with Crippen molar-refractivity contribution in [3.8, 4) is 0 Å². The molecule has 0 aromatic heterocycles. The fourth-order valence-electron chi connectivity index (χ4n) is 1.76. The molecule has 2 amide bonds. The maximum atomic E-state index is 11.9. The molecule has 0 unspecified atom stereocenters. The highest BCUT2D eigenvalue weighted by Crippen LogP contribution is 2.20. The van der Waals surface area contributed by atoms with Crippen LogP contribution in [0.1, 0.15) is 5.56 Å². The summed E-state index contributed by atoms with van der Waals surface area (Å²) in [5, 5.41) is 5.58. The van der Waals surface area contributed by atoms with Gasteiger partial charge in [0.05, 0.1) is 5.75 Å². The van der Waals surface area contributed by atoms with Gasteiger partial charge in [0.2, 0.25) is 0 Å². The lowest BCUT2D eigenvalue weighted by molar-refractivity contribution is -0.105. The standard InChI is InChI=1S/C16H16N2O2S/c1-12-4-2-3-5-15(12)18-16(20)17-13-6-8-14(9-7-13)21-11-10-19/h2-10H,11H2,1H3,(H2,17,18,20). The van der Waals surface area contributed by atoms with Crippen LogP contribution in [0.15, 0.2) is 53.4 Å². The zero-order valence-electron chi connectivity index (χ0n) is 11.6. The molecule has 0 aliphatic heterocycles. The third-order valence-electron chi connectivity index (χ3n) is 2.82. The van der Waals surface area contributed by atoms with Gasteiger partial charge in [0, 0.05) is 16.3 Å². The molecule has 0 heterocycles.